The molecule has 0 saturated heterocycles. The van der Waals surface area contributed by atoms with Gasteiger partial charge in [0.25, 0.3) is 0 Å². The van der Waals surface area contributed by atoms with Crippen molar-refractivity contribution in [3.8, 4) is 0 Å². The Hall–Kier alpha value is -1.62. The molecule has 2 aromatic rings. The van der Waals surface area contributed by atoms with Gasteiger partial charge in [0, 0.05) is 38.1 Å². The molecule has 0 fully saturated rings. The van der Waals surface area contributed by atoms with Crippen LogP contribution in [-0.4, -0.2) is 26.1 Å². The van der Waals surface area contributed by atoms with E-state index >= 15 is 0 Å². The van der Waals surface area contributed by atoms with E-state index in [0.717, 1.165) is 38.2 Å². The van der Waals surface area contributed by atoms with E-state index in [1.807, 2.05) is 22.6 Å². The lowest BCUT2D eigenvalue weighted by molar-refractivity contribution is 0.608. The van der Waals surface area contributed by atoms with E-state index in [9.17, 15) is 0 Å². The number of aryl methyl sites for hydroxylation is 4. The Morgan fingerprint density at radius 2 is 2.16 bits per heavy atom. The van der Waals surface area contributed by atoms with E-state index in [1.165, 1.54) is 11.1 Å². The van der Waals surface area contributed by atoms with Crippen LogP contribution >= 0.6 is 0 Å². The summed E-state index contributed by atoms with van der Waals surface area (Å²) >= 11 is 0. The van der Waals surface area contributed by atoms with E-state index in [1.54, 1.807) is 0 Å². The predicted octanol–water partition coefficient (Wildman–Crippen LogP) is 1.67. The normalized spacial score (nSPS) is 11.1. The molecular weight excluding hydrogens is 238 g/mol. The minimum Gasteiger partial charge on any atom is -0.313 e. The van der Waals surface area contributed by atoms with Gasteiger partial charge in [-0.2, -0.15) is 10.2 Å². The van der Waals surface area contributed by atoms with Crippen LogP contribution in [0.25, 0.3) is 0 Å². The third-order valence-electron chi connectivity index (χ3n) is 3.18. The molecule has 5 heteroatoms. The third kappa shape index (κ3) is 3.92. The summed E-state index contributed by atoms with van der Waals surface area (Å²) in [5.74, 6) is 0. The van der Waals surface area contributed by atoms with Gasteiger partial charge >= 0.3 is 0 Å². The average Bonchev–Trinajstić information content (AvgIpc) is 2.94. The van der Waals surface area contributed by atoms with Crippen LogP contribution in [0.2, 0.25) is 0 Å². The fourth-order valence-corrected chi connectivity index (χ4v) is 2.09. The van der Waals surface area contributed by atoms with Gasteiger partial charge in [0.05, 0.1) is 11.9 Å². The molecule has 0 atom stereocenters. The molecule has 0 aromatic carbocycles. The zero-order valence-electron chi connectivity index (χ0n) is 12.1. The molecule has 0 amide bonds. The van der Waals surface area contributed by atoms with Crippen molar-refractivity contribution in [2.24, 2.45) is 7.05 Å². The van der Waals surface area contributed by atoms with E-state index in [0.29, 0.717) is 0 Å². The Labute approximate surface area is 114 Å². The van der Waals surface area contributed by atoms with Gasteiger partial charge in [-0.05, 0) is 31.9 Å². The van der Waals surface area contributed by atoms with Gasteiger partial charge in [0.1, 0.15) is 0 Å². The number of aromatic nitrogens is 4. The van der Waals surface area contributed by atoms with Crippen LogP contribution in [0.3, 0.4) is 0 Å². The van der Waals surface area contributed by atoms with Crippen molar-refractivity contribution >= 4 is 0 Å². The highest BCUT2D eigenvalue weighted by Crippen LogP contribution is 2.07. The molecule has 104 valence electrons. The lowest BCUT2D eigenvalue weighted by atomic mass is 10.2. The highest BCUT2D eigenvalue weighted by Gasteiger charge is 2.05. The van der Waals surface area contributed by atoms with Gasteiger partial charge in [0.15, 0.2) is 0 Å². The molecule has 19 heavy (non-hydrogen) atoms. The van der Waals surface area contributed by atoms with Crippen LogP contribution in [0.15, 0.2) is 18.6 Å². The summed E-state index contributed by atoms with van der Waals surface area (Å²) in [6, 6.07) is 0. The maximum atomic E-state index is 4.56. The van der Waals surface area contributed by atoms with Crippen LogP contribution in [0.4, 0.5) is 0 Å². The van der Waals surface area contributed by atoms with Gasteiger partial charge in [-0.1, -0.05) is 6.92 Å². The Morgan fingerprint density at radius 1 is 1.32 bits per heavy atom. The first-order valence-corrected chi connectivity index (χ1v) is 6.90. The van der Waals surface area contributed by atoms with Crippen molar-refractivity contribution in [1.29, 1.82) is 0 Å². The zero-order valence-corrected chi connectivity index (χ0v) is 12.1. The van der Waals surface area contributed by atoms with Crippen molar-refractivity contribution in [3.63, 3.8) is 0 Å². The van der Waals surface area contributed by atoms with Crippen LogP contribution < -0.4 is 5.32 Å². The van der Waals surface area contributed by atoms with Crippen molar-refractivity contribution in [2.75, 3.05) is 6.54 Å². The molecule has 0 spiro atoms. The SMILES string of the molecule is CCCNCc1cn(CCc2cnn(C)c2)nc1C. The standard InChI is InChI=1S/C14H23N5/c1-4-6-15-9-14-11-19(17-12(14)2)7-5-13-8-16-18(3)10-13/h8,10-11,15H,4-7,9H2,1-3H3. The minimum absolute atomic E-state index is 0.903. The summed E-state index contributed by atoms with van der Waals surface area (Å²) in [4.78, 5) is 0. The topological polar surface area (TPSA) is 47.7 Å². The van der Waals surface area contributed by atoms with Gasteiger partial charge in [-0.3, -0.25) is 9.36 Å². The Morgan fingerprint density at radius 3 is 2.84 bits per heavy atom. The number of rotatable bonds is 7. The second-order valence-corrected chi connectivity index (χ2v) is 4.95. The molecule has 0 aliphatic rings. The van der Waals surface area contributed by atoms with E-state index in [-0.39, 0.29) is 0 Å². The fourth-order valence-electron chi connectivity index (χ4n) is 2.09. The van der Waals surface area contributed by atoms with Crippen molar-refractivity contribution in [2.45, 2.75) is 39.8 Å². The fraction of sp³-hybridized carbons (Fsp3) is 0.571. The molecule has 0 aliphatic carbocycles. The lowest BCUT2D eigenvalue weighted by Crippen LogP contribution is -2.13. The third-order valence-corrected chi connectivity index (χ3v) is 3.18. The van der Waals surface area contributed by atoms with Crippen molar-refractivity contribution in [3.05, 3.63) is 35.4 Å². The second kappa shape index (κ2) is 6.52. The first-order valence-electron chi connectivity index (χ1n) is 6.90. The largest absolute Gasteiger partial charge is 0.313 e. The summed E-state index contributed by atoms with van der Waals surface area (Å²) < 4.78 is 3.87. The van der Waals surface area contributed by atoms with Crippen molar-refractivity contribution in [1.82, 2.24) is 24.9 Å². The van der Waals surface area contributed by atoms with Crippen LogP contribution in [0.1, 0.15) is 30.2 Å². The number of nitrogens with one attached hydrogen (secondary N) is 1. The number of hydrogen-bond acceptors (Lipinski definition) is 3. The summed E-state index contributed by atoms with van der Waals surface area (Å²) in [7, 11) is 1.94. The molecule has 0 aliphatic heterocycles. The summed E-state index contributed by atoms with van der Waals surface area (Å²) in [5.41, 5.74) is 3.66. The molecule has 5 nitrogen and oxygen atoms in total. The first kappa shape index (κ1) is 13.8. The van der Waals surface area contributed by atoms with Gasteiger partial charge in [-0.25, -0.2) is 0 Å². The average molecular weight is 261 g/mol. The smallest absolute Gasteiger partial charge is 0.0638 e. The van der Waals surface area contributed by atoms with Crippen LogP contribution in [0.5, 0.6) is 0 Å². The van der Waals surface area contributed by atoms with E-state index in [4.69, 9.17) is 0 Å². The molecule has 1 N–H and O–H groups in total. The second-order valence-electron chi connectivity index (χ2n) is 4.95. The number of hydrogen-bond donors (Lipinski definition) is 1. The van der Waals surface area contributed by atoms with Gasteiger partial charge in [-0.15, -0.1) is 0 Å². The van der Waals surface area contributed by atoms with Crippen molar-refractivity contribution < 1.29 is 0 Å². The van der Waals surface area contributed by atoms with Gasteiger partial charge in [0.2, 0.25) is 0 Å². The highest BCUT2D eigenvalue weighted by atomic mass is 15.3. The monoisotopic (exact) mass is 261 g/mol. The lowest BCUT2D eigenvalue weighted by Gasteiger charge is -2.00. The zero-order chi connectivity index (χ0) is 13.7. The van der Waals surface area contributed by atoms with E-state index < -0.39 is 0 Å². The predicted molar refractivity (Wildman–Crippen MR) is 75.9 cm³/mol. The summed E-state index contributed by atoms with van der Waals surface area (Å²) in [6.07, 6.45) is 8.25. The maximum absolute atomic E-state index is 4.56. The molecule has 2 heterocycles. The van der Waals surface area contributed by atoms with Crippen LogP contribution in [-0.2, 0) is 26.6 Å². The molecule has 0 saturated carbocycles. The van der Waals surface area contributed by atoms with E-state index in [2.05, 4.69) is 41.8 Å². The molecule has 0 radical (unpaired) electrons. The number of nitrogens with zero attached hydrogens (tertiary/aromatic N) is 4. The molecule has 0 bridgehead atoms. The maximum Gasteiger partial charge on any atom is 0.0638 e. The molecule has 2 rings (SSSR count). The Balaban J connectivity index is 1.88. The summed E-state index contributed by atoms with van der Waals surface area (Å²) in [5, 5.41) is 12.2. The van der Waals surface area contributed by atoms with Gasteiger partial charge < -0.3 is 5.32 Å². The molecule has 0 unspecified atom stereocenters. The van der Waals surface area contributed by atoms with Crippen LogP contribution in [0, 0.1) is 6.92 Å². The minimum atomic E-state index is 0.903. The first-order chi connectivity index (χ1) is 9.19. The molecular formula is C14H23N5. The highest BCUT2D eigenvalue weighted by molar-refractivity contribution is 5.15. The Bertz CT molecular complexity index is 512. The molecule has 2 aromatic heterocycles. The summed E-state index contributed by atoms with van der Waals surface area (Å²) in [6.45, 7) is 7.12. The Kier molecular flexibility index (Phi) is 4.74. The quantitative estimate of drug-likeness (QED) is 0.771.